The highest BCUT2D eigenvalue weighted by Gasteiger charge is 2.50. The minimum absolute atomic E-state index is 0.00884. The molecule has 2 amide bonds. The van der Waals surface area contributed by atoms with E-state index in [2.05, 4.69) is 11.2 Å². The van der Waals surface area contributed by atoms with Gasteiger partial charge >= 0.3 is 0 Å². The maximum atomic E-state index is 12.6. The molecule has 0 spiro atoms. The average molecular weight is 352 g/mol. The molecule has 2 aliphatic rings. The Labute approximate surface area is 156 Å². The van der Waals surface area contributed by atoms with Crippen LogP contribution < -0.4 is 5.32 Å². The van der Waals surface area contributed by atoms with Crippen molar-refractivity contribution < 1.29 is 9.59 Å². The van der Waals surface area contributed by atoms with Crippen LogP contribution in [0.25, 0.3) is 0 Å². The Bertz CT molecular complexity index is 665. The number of rotatable bonds is 7. The first-order valence-electron chi connectivity index (χ1n) is 9.73. The van der Waals surface area contributed by atoms with Gasteiger partial charge in [-0.25, -0.2) is 0 Å². The van der Waals surface area contributed by atoms with Gasteiger partial charge in [0.15, 0.2) is 0 Å². The summed E-state index contributed by atoms with van der Waals surface area (Å²) >= 11 is 0. The molecule has 0 radical (unpaired) electrons. The molecule has 1 saturated carbocycles. The van der Waals surface area contributed by atoms with Crippen LogP contribution in [-0.4, -0.2) is 35.3 Å². The van der Waals surface area contributed by atoms with Gasteiger partial charge in [-0.05, 0) is 56.6 Å². The molecule has 1 aliphatic heterocycles. The molecule has 1 aromatic rings. The Morgan fingerprint density at radius 2 is 1.85 bits per heavy atom. The van der Waals surface area contributed by atoms with E-state index in [0.717, 1.165) is 63.6 Å². The number of likely N-dealkylation sites (tertiary alicyclic amines) is 1. The van der Waals surface area contributed by atoms with Gasteiger partial charge in [-0.1, -0.05) is 18.2 Å². The van der Waals surface area contributed by atoms with E-state index in [1.54, 1.807) is 0 Å². The number of hydrogen-bond donors (Lipinski definition) is 1. The predicted molar refractivity (Wildman–Crippen MR) is 102 cm³/mol. The molecule has 1 saturated heterocycles. The van der Waals surface area contributed by atoms with Crippen LogP contribution in [0.3, 0.4) is 0 Å². The van der Waals surface area contributed by atoms with Gasteiger partial charge in [0.2, 0.25) is 5.91 Å². The summed E-state index contributed by atoms with van der Waals surface area (Å²) in [4.78, 5) is 26.7. The van der Waals surface area contributed by atoms with Crippen molar-refractivity contribution in [3.63, 3.8) is 0 Å². The minimum atomic E-state index is -0.00884. The van der Waals surface area contributed by atoms with Crippen LogP contribution in [-0.2, 0) is 4.79 Å². The van der Waals surface area contributed by atoms with E-state index >= 15 is 0 Å². The summed E-state index contributed by atoms with van der Waals surface area (Å²) in [5.41, 5.74) is 0.748. The largest absolute Gasteiger partial charge is 0.350 e. The van der Waals surface area contributed by atoms with Crippen molar-refractivity contribution in [2.75, 3.05) is 13.1 Å². The van der Waals surface area contributed by atoms with Gasteiger partial charge in [0, 0.05) is 37.0 Å². The van der Waals surface area contributed by atoms with E-state index in [1.807, 2.05) is 35.2 Å². The monoisotopic (exact) mass is 352 g/mol. The Morgan fingerprint density at radius 1 is 1.15 bits per heavy atom. The standard InChI is InChI=1S/C22H28N2O2/c1-2-3-4-8-11-20(25)23-22(14-15-22)19-12-16-24(17-13-19)21(26)18-9-6-5-7-10-18/h1,5-7,9-10,19H,3-4,8,11-17H2,(H,23,25). The quantitative estimate of drug-likeness (QED) is 0.604. The smallest absolute Gasteiger partial charge is 0.253 e. The summed E-state index contributed by atoms with van der Waals surface area (Å²) in [6, 6.07) is 9.47. The molecule has 3 rings (SSSR count). The SMILES string of the molecule is C#CCCCCC(=O)NC1(C2CCN(C(=O)c3ccccc3)CC2)CC1. The summed E-state index contributed by atoms with van der Waals surface area (Å²) in [5, 5.41) is 3.30. The molecule has 0 bridgehead atoms. The number of amides is 2. The molecule has 1 heterocycles. The van der Waals surface area contributed by atoms with Gasteiger partial charge in [0.1, 0.15) is 0 Å². The number of benzene rings is 1. The molecule has 1 aromatic carbocycles. The number of piperidine rings is 1. The third kappa shape index (κ3) is 4.46. The van der Waals surface area contributed by atoms with E-state index in [9.17, 15) is 9.59 Å². The Balaban J connectivity index is 1.46. The fraction of sp³-hybridized carbons (Fsp3) is 0.545. The summed E-state index contributed by atoms with van der Waals surface area (Å²) < 4.78 is 0. The van der Waals surface area contributed by atoms with Crippen LogP contribution in [0.1, 0.15) is 61.7 Å². The molecule has 1 N–H and O–H groups in total. The molecule has 138 valence electrons. The number of nitrogens with zero attached hydrogens (tertiary/aromatic N) is 1. The highest BCUT2D eigenvalue weighted by Crippen LogP contribution is 2.46. The fourth-order valence-corrected chi connectivity index (χ4v) is 4.02. The van der Waals surface area contributed by atoms with E-state index in [1.165, 1.54) is 0 Å². The molecular formula is C22H28N2O2. The van der Waals surface area contributed by atoms with Crippen molar-refractivity contribution in [3.05, 3.63) is 35.9 Å². The molecule has 4 heteroatoms. The summed E-state index contributed by atoms with van der Waals surface area (Å²) in [7, 11) is 0. The molecule has 0 aromatic heterocycles. The maximum Gasteiger partial charge on any atom is 0.253 e. The van der Waals surface area contributed by atoms with Crippen molar-refractivity contribution in [1.82, 2.24) is 10.2 Å². The lowest BCUT2D eigenvalue weighted by Crippen LogP contribution is -2.48. The van der Waals surface area contributed by atoms with Crippen LogP contribution in [0.2, 0.25) is 0 Å². The zero-order valence-corrected chi connectivity index (χ0v) is 15.4. The van der Waals surface area contributed by atoms with Crippen LogP contribution in [0.4, 0.5) is 0 Å². The number of carbonyl (C=O) groups excluding carboxylic acids is 2. The molecular weight excluding hydrogens is 324 g/mol. The van der Waals surface area contributed by atoms with Crippen molar-refractivity contribution in [1.29, 1.82) is 0 Å². The molecule has 4 nitrogen and oxygen atoms in total. The van der Waals surface area contributed by atoms with Gasteiger partial charge in [0.05, 0.1) is 0 Å². The third-order valence-corrected chi connectivity index (χ3v) is 5.74. The van der Waals surface area contributed by atoms with E-state index in [0.29, 0.717) is 12.3 Å². The normalized spacial score (nSPS) is 18.8. The zero-order chi connectivity index (χ0) is 18.4. The Hall–Kier alpha value is -2.28. The van der Waals surface area contributed by atoms with Crippen LogP contribution in [0.5, 0.6) is 0 Å². The molecule has 26 heavy (non-hydrogen) atoms. The lowest BCUT2D eigenvalue weighted by Gasteiger charge is -2.37. The second-order valence-corrected chi connectivity index (χ2v) is 7.55. The van der Waals surface area contributed by atoms with Crippen LogP contribution in [0, 0.1) is 18.3 Å². The van der Waals surface area contributed by atoms with Crippen molar-refractivity contribution >= 4 is 11.8 Å². The average Bonchev–Trinajstić information content (AvgIpc) is 3.46. The van der Waals surface area contributed by atoms with Crippen molar-refractivity contribution in [2.24, 2.45) is 5.92 Å². The second-order valence-electron chi connectivity index (χ2n) is 7.55. The number of hydrogen-bond acceptors (Lipinski definition) is 2. The first-order chi connectivity index (χ1) is 12.6. The lowest BCUT2D eigenvalue weighted by atomic mass is 9.86. The van der Waals surface area contributed by atoms with Gasteiger partial charge < -0.3 is 10.2 Å². The van der Waals surface area contributed by atoms with Gasteiger partial charge in [-0.15, -0.1) is 12.3 Å². The first kappa shape index (κ1) is 18.5. The number of nitrogens with one attached hydrogen (secondary N) is 1. The number of carbonyl (C=O) groups is 2. The molecule has 0 atom stereocenters. The van der Waals surface area contributed by atoms with E-state index in [4.69, 9.17) is 6.42 Å². The highest BCUT2D eigenvalue weighted by atomic mass is 16.2. The predicted octanol–water partition coefficient (Wildman–Crippen LogP) is 3.38. The first-order valence-corrected chi connectivity index (χ1v) is 9.73. The van der Waals surface area contributed by atoms with Gasteiger partial charge in [-0.3, -0.25) is 9.59 Å². The van der Waals surface area contributed by atoms with Crippen LogP contribution in [0.15, 0.2) is 30.3 Å². The summed E-state index contributed by atoms with van der Waals surface area (Å²) in [6.07, 6.45) is 12.4. The Kier molecular flexibility index (Phi) is 5.98. The van der Waals surface area contributed by atoms with Gasteiger partial charge in [-0.2, -0.15) is 0 Å². The molecule has 0 unspecified atom stereocenters. The van der Waals surface area contributed by atoms with Gasteiger partial charge in [0.25, 0.3) is 5.91 Å². The second kappa shape index (κ2) is 8.40. The topological polar surface area (TPSA) is 49.4 Å². The third-order valence-electron chi connectivity index (χ3n) is 5.74. The maximum absolute atomic E-state index is 12.6. The van der Waals surface area contributed by atoms with Crippen LogP contribution >= 0.6 is 0 Å². The van der Waals surface area contributed by atoms with E-state index in [-0.39, 0.29) is 17.4 Å². The highest BCUT2D eigenvalue weighted by molar-refractivity contribution is 5.94. The number of terminal acetylenes is 1. The Morgan fingerprint density at radius 3 is 2.46 bits per heavy atom. The summed E-state index contributed by atoms with van der Waals surface area (Å²) in [5.74, 6) is 3.37. The fourth-order valence-electron chi connectivity index (χ4n) is 4.02. The number of unbranched alkanes of at least 4 members (excludes halogenated alkanes) is 2. The molecule has 2 fully saturated rings. The van der Waals surface area contributed by atoms with E-state index < -0.39 is 0 Å². The van der Waals surface area contributed by atoms with Crippen molar-refractivity contribution in [2.45, 2.75) is 56.9 Å². The lowest BCUT2D eigenvalue weighted by molar-refractivity contribution is -0.122. The minimum Gasteiger partial charge on any atom is -0.350 e. The zero-order valence-electron chi connectivity index (χ0n) is 15.4. The molecule has 1 aliphatic carbocycles. The van der Waals surface area contributed by atoms with Crippen molar-refractivity contribution in [3.8, 4) is 12.3 Å². The summed E-state index contributed by atoms with van der Waals surface area (Å²) in [6.45, 7) is 1.55.